The van der Waals surface area contributed by atoms with E-state index in [4.69, 9.17) is 9.47 Å². The van der Waals surface area contributed by atoms with Gasteiger partial charge in [0, 0.05) is 31.4 Å². The highest BCUT2D eigenvalue weighted by Gasteiger charge is 2.26. The van der Waals surface area contributed by atoms with Gasteiger partial charge in [0.1, 0.15) is 5.69 Å². The molecule has 0 aliphatic carbocycles. The van der Waals surface area contributed by atoms with Gasteiger partial charge in [-0.25, -0.2) is 4.79 Å². The number of ether oxygens (including phenoxy) is 2. The first-order chi connectivity index (χ1) is 12.4. The standard InChI is InChI=1S/C19H31N3O4/c1-6-26-19(24)16-13(4)17(21-14(16)5)18(23)20-11-15(12(2)3)22-7-9-25-10-8-22/h12,15,21H,6-11H2,1-5H3,(H,20,23). The molecule has 1 aliphatic heterocycles. The molecule has 146 valence electrons. The summed E-state index contributed by atoms with van der Waals surface area (Å²) < 4.78 is 10.5. The number of hydrogen-bond acceptors (Lipinski definition) is 5. The molecule has 0 aromatic carbocycles. The average Bonchev–Trinajstić information content (AvgIpc) is 2.90. The maximum absolute atomic E-state index is 12.7. The number of hydrogen-bond donors (Lipinski definition) is 2. The van der Waals surface area contributed by atoms with Crippen molar-refractivity contribution in [2.45, 2.75) is 40.7 Å². The summed E-state index contributed by atoms with van der Waals surface area (Å²) >= 11 is 0. The van der Waals surface area contributed by atoms with Crippen LogP contribution in [0.3, 0.4) is 0 Å². The molecule has 0 radical (unpaired) electrons. The van der Waals surface area contributed by atoms with Crippen molar-refractivity contribution in [1.29, 1.82) is 0 Å². The second kappa shape index (κ2) is 9.19. The highest BCUT2D eigenvalue weighted by atomic mass is 16.5. The number of H-pyrrole nitrogens is 1. The maximum Gasteiger partial charge on any atom is 0.340 e. The number of nitrogens with zero attached hydrogens (tertiary/aromatic N) is 1. The molecule has 0 bridgehead atoms. The number of amides is 1. The second-order valence-electron chi connectivity index (χ2n) is 7.02. The van der Waals surface area contributed by atoms with E-state index in [0.29, 0.717) is 41.6 Å². The average molecular weight is 365 g/mol. The minimum atomic E-state index is -0.397. The van der Waals surface area contributed by atoms with E-state index in [0.717, 1.165) is 26.3 Å². The third-order valence-corrected chi connectivity index (χ3v) is 4.90. The molecule has 1 saturated heterocycles. The number of esters is 1. The lowest BCUT2D eigenvalue weighted by atomic mass is 10.0. The number of aromatic amines is 1. The fourth-order valence-electron chi connectivity index (χ4n) is 3.47. The molecule has 1 aromatic heterocycles. The highest BCUT2D eigenvalue weighted by Crippen LogP contribution is 2.19. The summed E-state index contributed by atoms with van der Waals surface area (Å²) in [5.74, 6) is -0.179. The van der Waals surface area contributed by atoms with Crippen molar-refractivity contribution in [2.75, 3.05) is 39.5 Å². The predicted octanol–water partition coefficient (Wildman–Crippen LogP) is 1.89. The van der Waals surface area contributed by atoms with Gasteiger partial charge in [0.25, 0.3) is 5.91 Å². The molecular weight excluding hydrogens is 334 g/mol. The Morgan fingerprint density at radius 1 is 1.27 bits per heavy atom. The first kappa shape index (κ1) is 20.5. The Labute approximate surface area is 155 Å². The van der Waals surface area contributed by atoms with Crippen molar-refractivity contribution in [3.05, 3.63) is 22.5 Å². The molecule has 7 nitrogen and oxygen atoms in total. The third kappa shape index (κ3) is 4.65. The molecule has 0 saturated carbocycles. The van der Waals surface area contributed by atoms with Crippen LogP contribution in [0.15, 0.2) is 0 Å². The van der Waals surface area contributed by atoms with Crippen LogP contribution >= 0.6 is 0 Å². The van der Waals surface area contributed by atoms with Crippen molar-refractivity contribution >= 4 is 11.9 Å². The van der Waals surface area contributed by atoms with Gasteiger partial charge in [-0.1, -0.05) is 13.8 Å². The summed E-state index contributed by atoms with van der Waals surface area (Å²) in [6.07, 6.45) is 0. The largest absolute Gasteiger partial charge is 0.462 e. The van der Waals surface area contributed by atoms with Gasteiger partial charge in [-0.05, 0) is 32.3 Å². The summed E-state index contributed by atoms with van der Waals surface area (Å²) in [6, 6.07) is 0.253. The smallest absolute Gasteiger partial charge is 0.340 e. The Morgan fingerprint density at radius 2 is 1.92 bits per heavy atom. The van der Waals surface area contributed by atoms with Crippen LogP contribution in [0.5, 0.6) is 0 Å². The molecule has 1 amide bonds. The van der Waals surface area contributed by atoms with E-state index in [1.165, 1.54) is 0 Å². The first-order valence-corrected chi connectivity index (χ1v) is 9.33. The van der Waals surface area contributed by atoms with Gasteiger partial charge in [-0.3, -0.25) is 9.69 Å². The Hall–Kier alpha value is -1.86. The molecule has 2 N–H and O–H groups in total. The molecule has 1 aliphatic rings. The maximum atomic E-state index is 12.7. The van der Waals surface area contributed by atoms with Crippen molar-refractivity contribution in [1.82, 2.24) is 15.2 Å². The van der Waals surface area contributed by atoms with Gasteiger partial charge in [0.15, 0.2) is 0 Å². The van der Waals surface area contributed by atoms with E-state index in [1.54, 1.807) is 20.8 Å². The van der Waals surface area contributed by atoms with Crippen molar-refractivity contribution in [3.63, 3.8) is 0 Å². The number of aromatic nitrogens is 1. The van der Waals surface area contributed by atoms with Crippen LogP contribution < -0.4 is 5.32 Å². The van der Waals surface area contributed by atoms with Crippen molar-refractivity contribution < 1.29 is 19.1 Å². The van der Waals surface area contributed by atoms with Crippen LogP contribution in [0.2, 0.25) is 0 Å². The minimum absolute atomic E-state index is 0.194. The van der Waals surface area contributed by atoms with E-state index in [9.17, 15) is 9.59 Å². The van der Waals surface area contributed by atoms with Crippen LogP contribution in [0, 0.1) is 19.8 Å². The molecule has 2 heterocycles. The summed E-state index contributed by atoms with van der Waals surface area (Å²) in [5, 5.41) is 3.03. The summed E-state index contributed by atoms with van der Waals surface area (Å²) in [6.45, 7) is 13.7. The van der Waals surface area contributed by atoms with Gasteiger partial charge in [-0.15, -0.1) is 0 Å². The van der Waals surface area contributed by atoms with Crippen LogP contribution in [0.25, 0.3) is 0 Å². The summed E-state index contributed by atoms with van der Waals surface area (Å²) in [4.78, 5) is 30.2. The van der Waals surface area contributed by atoms with Crippen molar-refractivity contribution in [3.8, 4) is 0 Å². The zero-order valence-electron chi connectivity index (χ0n) is 16.5. The molecule has 1 atom stereocenters. The molecule has 0 spiro atoms. The van der Waals surface area contributed by atoms with Gasteiger partial charge >= 0.3 is 5.97 Å². The molecule has 1 fully saturated rings. The number of carbonyl (C=O) groups excluding carboxylic acids is 2. The topological polar surface area (TPSA) is 83.7 Å². The van der Waals surface area contributed by atoms with Crippen LogP contribution in [-0.2, 0) is 9.47 Å². The summed E-state index contributed by atoms with van der Waals surface area (Å²) in [7, 11) is 0. The number of carbonyl (C=O) groups is 2. The lowest BCUT2D eigenvalue weighted by molar-refractivity contribution is 0.00671. The Bertz CT molecular complexity index is 633. The van der Waals surface area contributed by atoms with Gasteiger partial charge < -0.3 is 19.8 Å². The highest BCUT2D eigenvalue weighted by molar-refractivity contribution is 6.00. The Morgan fingerprint density at radius 3 is 2.50 bits per heavy atom. The Kier molecular flexibility index (Phi) is 7.23. The zero-order valence-corrected chi connectivity index (χ0v) is 16.5. The fraction of sp³-hybridized carbons (Fsp3) is 0.684. The fourth-order valence-corrected chi connectivity index (χ4v) is 3.47. The SMILES string of the molecule is CCOC(=O)c1c(C)[nH]c(C(=O)NCC(C(C)C)N2CCOCC2)c1C. The van der Waals surface area contributed by atoms with E-state index >= 15 is 0 Å². The van der Waals surface area contributed by atoms with E-state index in [2.05, 4.69) is 29.0 Å². The number of aryl methyl sites for hydroxylation is 1. The van der Waals surface area contributed by atoms with Gasteiger partial charge in [-0.2, -0.15) is 0 Å². The molecular formula is C19H31N3O4. The third-order valence-electron chi connectivity index (χ3n) is 4.90. The molecule has 2 rings (SSSR count). The molecule has 1 unspecified atom stereocenters. The van der Waals surface area contributed by atoms with Crippen LogP contribution in [0.4, 0.5) is 0 Å². The number of rotatable bonds is 7. The monoisotopic (exact) mass is 365 g/mol. The Balaban J connectivity index is 2.07. The lowest BCUT2D eigenvalue weighted by Gasteiger charge is -2.36. The van der Waals surface area contributed by atoms with E-state index in [-0.39, 0.29) is 11.9 Å². The predicted molar refractivity (Wildman–Crippen MR) is 99.6 cm³/mol. The van der Waals surface area contributed by atoms with Crippen LogP contribution in [-0.4, -0.2) is 67.3 Å². The van der Waals surface area contributed by atoms with Gasteiger partial charge in [0.05, 0.1) is 25.4 Å². The van der Waals surface area contributed by atoms with E-state index < -0.39 is 5.97 Å². The van der Waals surface area contributed by atoms with Crippen molar-refractivity contribution in [2.24, 2.45) is 5.92 Å². The minimum Gasteiger partial charge on any atom is -0.462 e. The number of nitrogens with one attached hydrogen (secondary N) is 2. The van der Waals surface area contributed by atoms with Crippen LogP contribution in [0.1, 0.15) is 52.9 Å². The second-order valence-corrected chi connectivity index (χ2v) is 7.02. The molecule has 1 aromatic rings. The zero-order chi connectivity index (χ0) is 19.3. The normalized spacial score (nSPS) is 16.5. The summed E-state index contributed by atoms with van der Waals surface area (Å²) in [5.41, 5.74) is 2.16. The molecule has 26 heavy (non-hydrogen) atoms. The molecule has 7 heteroatoms. The van der Waals surface area contributed by atoms with E-state index in [1.807, 2.05) is 0 Å². The first-order valence-electron chi connectivity index (χ1n) is 9.33. The lowest BCUT2D eigenvalue weighted by Crippen LogP contribution is -2.51. The van der Waals surface area contributed by atoms with Gasteiger partial charge in [0.2, 0.25) is 0 Å². The number of morpholine rings is 1. The quantitative estimate of drug-likeness (QED) is 0.721.